The minimum absolute atomic E-state index is 0. The molecular formula is C12H16Cl2N2O2S. The average molecular weight is 323 g/mol. The highest BCUT2D eigenvalue weighted by Gasteiger charge is 2.27. The molecule has 0 aliphatic carbocycles. The van der Waals surface area contributed by atoms with E-state index in [1.165, 1.54) is 0 Å². The molecule has 0 aromatic heterocycles. The van der Waals surface area contributed by atoms with Crippen molar-refractivity contribution < 1.29 is 9.90 Å². The van der Waals surface area contributed by atoms with Gasteiger partial charge in [-0.05, 0) is 30.9 Å². The molecule has 1 aromatic carbocycles. The largest absolute Gasteiger partial charge is 0.392 e. The predicted octanol–water partition coefficient (Wildman–Crippen LogP) is 2.15. The van der Waals surface area contributed by atoms with Crippen LogP contribution in [0.2, 0.25) is 5.02 Å². The van der Waals surface area contributed by atoms with Crippen molar-refractivity contribution in [2.24, 2.45) is 0 Å². The lowest BCUT2D eigenvalue weighted by molar-refractivity contribution is -0.117. The van der Waals surface area contributed by atoms with Gasteiger partial charge in [0.2, 0.25) is 5.91 Å². The van der Waals surface area contributed by atoms with E-state index in [1.807, 2.05) is 18.4 Å². The van der Waals surface area contributed by atoms with E-state index in [4.69, 9.17) is 11.6 Å². The van der Waals surface area contributed by atoms with Crippen molar-refractivity contribution in [2.45, 2.75) is 23.5 Å². The summed E-state index contributed by atoms with van der Waals surface area (Å²) >= 11 is 7.63. The molecule has 0 radical (unpaired) electrons. The highest BCUT2D eigenvalue weighted by Crippen LogP contribution is 2.28. The maximum absolute atomic E-state index is 11.9. The van der Waals surface area contributed by atoms with Crippen LogP contribution in [-0.2, 0) is 4.79 Å². The summed E-state index contributed by atoms with van der Waals surface area (Å²) in [7, 11) is 0. The van der Waals surface area contributed by atoms with E-state index in [2.05, 4.69) is 10.6 Å². The summed E-state index contributed by atoms with van der Waals surface area (Å²) in [5, 5.41) is 15.7. The van der Waals surface area contributed by atoms with E-state index in [9.17, 15) is 9.90 Å². The lowest BCUT2D eigenvalue weighted by Crippen LogP contribution is -2.35. The van der Waals surface area contributed by atoms with Gasteiger partial charge in [0.05, 0.1) is 17.2 Å². The predicted molar refractivity (Wildman–Crippen MR) is 81.5 cm³/mol. The SMILES string of the molecule is CSc1ccc(NC(=O)C2CC(O)CN2)cc1Cl.Cl. The smallest absolute Gasteiger partial charge is 0.241 e. The van der Waals surface area contributed by atoms with Crippen LogP contribution in [0.1, 0.15) is 6.42 Å². The van der Waals surface area contributed by atoms with Crippen molar-refractivity contribution in [3.8, 4) is 0 Å². The number of amides is 1. The number of carbonyl (C=O) groups excluding carboxylic acids is 1. The third kappa shape index (κ3) is 4.26. The van der Waals surface area contributed by atoms with E-state index in [0.717, 1.165) is 4.90 Å². The van der Waals surface area contributed by atoms with Crippen LogP contribution in [-0.4, -0.2) is 36.0 Å². The Hall–Kier alpha value is -0.460. The number of β-amino-alcohol motifs (C(OH)–C–C–N with tert-alkyl or cyclic N) is 1. The number of aliphatic hydroxyl groups is 1. The van der Waals surface area contributed by atoms with Crippen molar-refractivity contribution >= 4 is 47.4 Å². The Morgan fingerprint density at radius 3 is 2.84 bits per heavy atom. The molecule has 4 nitrogen and oxygen atoms in total. The monoisotopic (exact) mass is 322 g/mol. The van der Waals surface area contributed by atoms with Gasteiger partial charge in [-0.15, -0.1) is 24.2 Å². The van der Waals surface area contributed by atoms with Gasteiger partial charge >= 0.3 is 0 Å². The first-order valence-electron chi connectivity index (χ1n) is 5.66. The van der Waals surface area contributed by atoms with Crippen LogP contribution in [0.3, 0.4) is 0 Å². The number of rotatable bonds is 3. The van der Waals surface area contributed by atoms with Crippen LogP contribution in [0.15, 0.2) is 23.1 Å². The molecule has 2 unspecified atom stereocenters. The van der Waals surface area contributed by atoms with Crippen molar-refractivity contribution in [1.29, 1.82) is 0 Å². The van der Waals surface area contributed by atoms with Crippen LogP contribution >= 0.6 is 35.8 Å². The highest BCUT2D eigenvalue weighted by atomic mass is 35.5. The Labute approximate surface area is 127 Å². The average Bonchev–Trinajstić information content (AvgIpc) is 2.76. The zero-order chi connectivity index (χ0) is 13.1. The lowest BCUT2D eigenvalue weighted by atomic mass is 10.2. The molecule has 1 aliphatic heterocycles. The summed E-state index contributed by atoms with van der Waals surface area (Å²) < 4.78 is 0. The van der Waals surface area contributed by atoms with E-state index >= 15 is 0 Å². The highest BCUT2D eigenvalue weighted by molar-refractivity contribution is 7.98. The normalized spacial score (nSPS) is 21.8. The van der Waals surface area contributed by atoms with Gasteiger partial charge in [0.15, 0.2) is 0 Å². The van der Waals surface area contributed by atoms with E-state index in [1.54, 1.807) is 17.8 Å². The van der Waals surface area contributed by atoms with Crippen molar-refractivity contribution in [3.05, 3.63) is 23.2 Å². The molecule has 0 saturated carbocycles. The molecule has 3 N–H and O–H groups in total. The first-order chi connectivity index (χ1) is 8.60. The number of nitrogens with one attached hydrogen (secondary N) is 2. The van der Waals surface area contributed by atoms with Crippen molar-refractivity contribution in [3.63, 3.8) is 0 Å². The van der Waals surface area contributed by atoms with Crippen LogP contribution in [0.25, 0.3) is 0 Å². The Balaban J connectivity index is 0.00000180. The van der Waals surface area contributed by atoms with Crippen molar-refractivity contribution in [1.82, 2.24) is 5.32 Å². The van der Waals surface area contributed by atoms with Gasteiger partial charge in [-0.1, -0.05) is 11.6 Å². The number of hydrogen-bond acceptors (Lipinski definition) is 4. The molecule has 7 heteroatoms. The van der Waals surface area contributed by atoms with Gasteiger partial charge in [0, 0.05) is 17.1 Å². The van der Waals surface area contributed by atoms with Crippen LogP contribution in [0, 0.1) is 0 Å². The topological polar surface area (TPSA) is 61.4 Å². The minimum atomic E-state index is -0.441. The zero-order valence-corrected chi connectivity index (χ0v) is 12.7. The molecule has 106 valence electrons. The second-order valence-corrected chi connectivity index (χ2v) is 5.44. The number of hydrogen-bond donors (Lipinski definition) is 3. The summed E-state index contributed by atoms with van der Waals surface area (Å²) in [6, 6.07) is 5.09. The maximum Gasteiger partial charge on any atom is 0.241 e. The lowest BCUT2D eigenvalue weighted by Gasteiger charge is -2.12. The summed E-state index contributed by atoms with van der Waals surface area (Å²) in [6.07, 6.45) is 1.95. The molecule has 1 amide bonds. The fourth-order valence-corrected chi connectivity index (χ4v) is 2.76. The fourth-order valence-electron chi connectivity index (χ4n) is 1.89. The summed E-state index contributed by atoms with van der Waals surface area (Å²) in [5.74, 6) is -0.139. The Morgan fingerprint density at radius 1 is 1.58 bits per heavy atom. The second-order valence-electron chi connectivity index (χ2n) is 4.19. The zero-order valence-electron chi connectivity index (χ0n) is 10.4. The molecule has 1 heterocycles. The molecule has 0 bridgehead atoms. The summed E-state index contributed by atoms with van der Waals surface area (Å²) in [5.41, 5.74) is 0.672. The van der Waals surface area contributed by atoms with E-state index in [0.29, 0.717) is 23.7 Å². The van der Waals surface area contributed by atoms with Crippen LogP contribution in [0.4, 0.5) is 5.69 Å². The molecule has 1 aliphatic rings. The summed E-state index contributed by atoms with van der Waals surface area (Å²) in [4.78, 5) is 12.9. The number of halogens is 2. The van der Waals surface area contributed by atoms with Gasteiger partial charge in [-0.3, -0.25) is 4.79 Å². The van der Waals surface area contributed by atoms with Crippen LogP contribution < -0.4 is 10.6 Å². The second kappa shape index (κ2) is 7.36. The van der Waals surface area contributed by atoms with Gasteiger partial charge in [-0.2, -0.15) is 0 Å². The van der Waals surface area contributed by atoms with Gasteiger partial charge in [0.25, 0.3) is 0 Å². The van der Waals surface area contributed by atoms with Gasteiger partial charge in [0.1, 0.15) is 0 Å². The Bertz CT molecular complexity index is 459. The number of thioether (sulfide) groups is 1. The molecular weight excluding hydrogens is 307 g/mol. The molecule has 19 heavy (non-hydrogen) atoms. The first-order valence-corrected chi connectivity index (χ1v) is 7.26. The minimum Gasteiger partial charge on any atom is -0.392 e. The number of benzene rings is 1. The van der Waals surface area contributed by atoms with Crippen LogP contribution in [0.5, 0.6) is 0 Å². The quantitative estimate of drug-likeness (QED) is 0.746. The number of anilines is 1. The molecule has 2 atom stereocenters. The molecule has 2 rings (SSSR count). The Morgan fingerprint density at radius 2 is 2.32 bits per heavy atom. The van der Waals surface area contributed by atoms with Gasteiger partial charge in [-0.25, -0.2) is 0 Å². The fraction of sp³-hybridized carbons (Fsp3) is 0.417. The molecule has 1 aromatic rings. The standard InChI is InChI=1S/C12H15ClN2O2S.ClH/c1-18-11-3-2-7(4-9(11)13)15-12(17)10-5-8(16)6-14-10;/h2-4,8,10,14,16H,5-6H2,1H3,(H,15,17);1H. The van der Waals surface area contributed by atoms with Crippen molar-refractivity contribution in [2.75, 3.05) is 18.1 Å². The first kappa shape index (κ1) is 16.6. The number of carbonyl (C=O) groups is 1. The number of aliphatic hydroxyl groups excluding tert-OH is 1. The Kier molecular flexibility index (Phi) is 6.42. The molecule has 1 fully saturated rings. The third-order valence-electron chi connectivity index (χ3n) is 2.84. The van der Waals surface area contributed by atoms with Gasteiger partial charge < -0.3 is 15.7 Å². The van der Waals surface area contributed by atoms with E-state index < -0.39 is 6.10 Å². The summed E-state index contributed by atoms with van der Waals surface area (Å²) in [6.45, 7) is 0.463. The van der Waals surface area contributed by atoms with E-state index in [-0.39, 0.29) is 24.4 Å². The molecule has 1 saturated heterocycles. The third-order valence-corrected chi connectivity index (χ3v) is 4.06. The maximum atomic E-state index is 11.9. The molecule has 0 spiro atoms.